The fourth-order valence-corrected chi connectivity index (χ4v) is 3.30. The minimum absolute atomic E-state index is 0.0521. The predicted molar refractivity (Wildman–Crippen MR) is 104 cm³/mol. The summed E-state index contributed by atoms with van der Waals surface area (Å²) in [4.78, 5) is 14.6. The van der Waals surface area contributed by atoms with Crippen molar-refractivity contribution in [3.05, 3.63) is 35.2 Å². The molecule has 0 bridgehead atoms. The lowest BCUT2D eigenvalue weighted by molar-refractivity contribution is -0.117. The number of rotatable bonds is 6. The molecule has 2 aromatic rings. The molecule has 0 saturated carbocycles. The third kappa shape index (κ3) is 4.08. The van der Waals surface area contributed by atoms with Crippen molar-refractivity contribution in [2.75, 3.05) is 32.1 Å². The van der Waals surface area contributed by atoms with Crippen molar-refractivity contribution in [1.82, 2.24) is 14.7 Å². The van der Waals surface area contributed by atoms with Crippen LogP contribution in [-0.4, -0.2) is 47.4 Å². The monoisotopic (exact) mass is 372 g/mol. The Morgan fingerprint density at radius 1 is 1.30 bits per heavy atom. The number of hydrogen-bond donors (Lipinski definition) is 1. The number of nitrogens with zero attached hydrogens (tertiary/aromatic N) is 3. The van der Waals surface area contributed by atoms with Gasteiger partial charge in [-0.2, -0.15) is 5.10 Å². The lowest BCUT2D eigenvalue weighted by Crippen LogP contribution is -2.32. The molecule has 7 nitrogen and oxygen atoms in total. The molecule has 0 fully saturated rings. The molecule has 1 aromatic carbocycles. The average Bonchev–Trinajstić information content (AvgIpc) is 2.94. The number of carbonyl (C=O) groups excluding carboxylic acids is 1. The number of likely N-dealkylation sites (N-methyl/N-ethyl adjacent to an activating group) is 1. The van der Waals surface area contributed by atoms with Crippen molar-refractivity contribution in [3.63, 3.8) is 0 Å². The van der Waals surface area contributed by atoms with Crippen LogP contribution in [0.15, 0.2) is 18.2 Å². The summed E-state index contributed by atoms with van der Waals surface area (Å²) >= 11 is 0. The first kappa shape index (κ1) is 19.2. The summed E-state index contributed by atoms with van der Waals surface area (Å²) in [6.07, 6.45) is 0. The number of aryl methyl sites for hydroxylation is 2. The number of aromatic nitrogens is 2. The van der Waals surface area contributed by atoms with E-state index in [2.05, 4.69) is 17.3 Å². The van der Waals surface area contributed by atoms with Crippen LogP contribution in [0.3, 0.4) is 0 Å². The van der Waals surface area contributed by atoms with Crippen molar-refractivity contribution < 1.29 is 14.3 Å². The first-order valence-electron chi connectivity index (χ1n) is 9.34. The molecule has 1 unspecified atom stereocenters. The van der Waals surface area contributed by atoms with E-state index in [0.717, 1.165) is 40.7 Å². The molecule has 1 N–H and O–H groups in total. The zero-order valence-electron chi connectivity index (χ0n) is 16.7. The summed E-state index contributed by atoms with van der Waals surface area (Å²) in [6, 6.07) is 6.01. The van der Waals surface area contributed by atoms with Crippen molar-refractivity contribution in [3.8, 4) is 11.5 Å². The van der Waals surface area contributed by atoms with E-state index in [-0.39, 0.29) is 18.5 Å². The maximum Gasteiger partial charge on any atom is 0.238 e. The number of amides is 1. The van der Waals surface area contributed by atoms with Gasteiger partial charge in [-0.05, 0) is 52.4 Å². The van der Waals surface area contributed by atoms with Gasteiger partial charge in [-0.15, -0.1) is 0 Å². The standard InChI is InChI=1S/C20H28N4O3/c1-6-24-15(4)20(13(2)22-24)21-19(25)12-23(5)14(3)16-7-8-17-18(11-16)27-10-9-26-17/h7-8,11,14H,6,9-10,12H2,1-5H3,(H,21,25). The Bertz CT molecular complexity index is 831. The summed E-state index contributed by atoms with van der Waals surface area (Å²) in [7, 11) is 1.94. The van der Waals surface area contributed by atoms with Crippen LogP contribution >= 0.6 is 0 Å². The Morgan fingerprint density at radius 2 is 2.00 bits per heavy atom. The summed E-state index contributed by atoms with van der Waals surface area (Å²) < 4.78 is 13.1. The highest BCUT2D eigenvalue weighted by atomic mass is 16.6. The van der Waals surface area contributed by atoms with E-state index in [0.29, 0.717) is 13.2 Å². The van der Waals surface area contributed by atoms with Gasteiger partial charge in [-0.1, -0.05) is 6.07 Å². The molecule has 0 saturated heterocycles. The molecule has 1 aromatic heterocycles. The summed E-state index contributed by atoms with van der Waals surface area (Å²) in [5, 5.41) is 7.46. The van der Waals surface area contributed by atoms with E-state index in [4.69, 9.17) is 9.47 Å². The molecule has 1 amide bonds. The molecule has 0 radical (unpaired) electrons. The van der Waals surface area contributed by atoms with Crippen molar-refractivity contribution in [1.29, 1.82) is 0 Å². The van der Waals surface area contributed by atoms with Gasteiger partial charge in [0.15, 0.2) is 11.5 Å². The second-order valence-electron chi connectivity index (χ2n) is 6.90. The molecular formula is C20H28N4O3. The lowest BCUT2D eigenvalue weighted by atomic mass is 10.1. The Hall–Kier alpha value is -2.54. The molecule has 0 spiro atoms. The number of ether oxygens (including phenoxy) is 2. The predicted octanol–water partition coefficient (Wildman–Crippen LogP) is 2.92. The van der Waals surface area contributed by atoms with Gasteiger partial charge in [0.25, 0.3) is 0 Å². The normalized spacial score (nSPS) is 14.3. The third-order valence-corrected chi connectivity index (χ3v) is 5.05. The number of carbonyl (C=O) groups is 1. The van der Waals surface area contributed by atoms with Crippen LogP contribution in [0.25, 0.3) is 0 Å². The molecule has 7 heteroatoms. The number of benzene rings is 1. The van der Waals surface area contributed by atoms with Crippen molar-refractivity contribution >= 4 is 11.6 Å². The van der Waals surface area contributed by atoms with E-state index in [1.54, 1.807) is 0 Å². The zero-order chi connectivity index (χ0) is 19.6. The topological polar surface area (TPSA) is 68.6 Å². The fourth-order valence-electron chi connectivity index (χ4n) is 3.30. The minimum atomic E-state index is -0.0521. The number of hydrogen-bond acceptors (Lipinski definition) is 5. The van der Waals surface area contributed by atoms with E-state index in [1.165, 1.54) is 0 Å². The smallest absolute Gasteiger partial charge is 0.238 e. The van der Waals surface area contributed by atoms with Crippen LogP contribution in [0.2, 0.25) is 0 Å². The van der Waals surface area contributed by atoms with Gasteiger partial charge in [-0.3, -0.25) is 14.4 Å². The number of nitrogens with one attached hydrogen (secondary N) is 1. The van der Waals surface area contributed by atoms with Crippen LogP contribution in [-0.2, 0) is 11.3 Å². The van der Waals surface area contributed by atoms with Gasteiger partial charge in [0.2, 0.25) is 5.91 Å². The van der Waals surface area contributed by atoms with Crippen LogP contribution < -0.4 is 14.8 Å². The fraction of sp³-hybridized carbons (Fsp3) is 0.500. The summed E-state index contributed by atoms with van der Waals surface area (Å²) in [5.74, 6) is 1.49. The van der Waals surface area contributed by atoms with E-state index in [9.17, 15) is 4.79 Å². The van der Waals surface area contributed by atoms with Gasteiger partial charge < -0.3 is 14.8 Å². The van der Waals surface area contributed by atoms with Crippen LogP contribution in [0, 0.1) is 13.8 Å². The van der Waals surface area contributed by atoms with Crippen molar-refractivity contribution in [2.45, 2.75) is 40.3 Å². The van der Waals surface area contributed by atoms with Gasteiger partial charge >= 0.3 is 0 Å². The highest BCUT2D eigenvalue weighted by Gasteiger charge is 2.20. The minimum Gasteiger partial charge on any atom is -0.486 e. The molecule has 146 valence electrons. The molecule has 0 aliphatic carbocycles. The highest BCUT2D eigenvalue weighted by Crippen LogP contribution is 2.33. The average molecular weight is 372 g/mol. The quantitative estimate of drug-likeness (QED) is 0.844. The zero-order valence-corrected chi connectivity index (χ0v) is 16.7. The molecule has 3 rings (SSSR count). The van der Waals surface area contributed by atoms with Crippen LogP contribution in [0.5, 0.6) is 11.5 Å². The molecule has 1 atom stereocenters. The summed E-state index contributed by atoms with van der Waals surface area (Å²) in [6.45, 7) is 10.2. The molecule has 27 heavy (non-hydrogen) atoms. The SMILES string of the molecule is CCn1nc(C)c(NC(=O)CN(C)C(C)c2ccc3c(c2)OCCO3)c1C. The molecule has 1 aliphatic heterocycles. The third-order valence-electron chi connectivity index (χ3n) is 5.05. The van der Waals surface area contributed by atoms with Crippen LogP contribution in [0.4, 0.5) is 5.69 Å². The van der Waals surface area contributed by atoms with Crippen LogP contribution in [0.1, 0.15) is 36.8 Å². The Morgan fingerprint density at radius 3 is 2.67 bits per heavy atom. The van der Waals surface area contributed by atoms with Gasteiger partial charge in [0.1, 0.15) is 13.2 Å². The van der Waals surface area contributed by atoms with Crippen molar-refractivity contribution in [2.24, 2.45) is 0 Å². The second-order valence-corrected chi connectivity index (χ2v) is 6.90. The maximum absolute atomic E-state index is 12.6. The maximum atomic E-state index is 12.6. The molecular weight excluding hydrogens is 344 g/mol. The Kier molecular flexibility index (Phi) is 5.70. The van der Waals surface area contributed by atoms with E-state index in [1.807, 2.05) is 55.6 Å². The number of anilines is 1. The first-order valence-corrected chi connectivity index (χ1v) is 9.34. The largest absolute Gasteiger partial charge is 0.486 e. The Labute approximate surface area is 160 Å². The van der Waals surface area contributed by atoms with Gasteiger partial charge in [0, 0.05) is 12.6 Å². The Balaban J connectivity index is 1.65. The number of fused-ring (bicyclic) bond motifs is 1. The van der Waals surface area contributed by atoms with E-state index < -0.39 is 0 Å². The molecule has 2 heterocycles. The van der Waals surface area contributed by atoms with Gasteiger partial charge in [-0.25, -0.2) is 0 Å². The molecule has 1 aliphatic rings. The first-order chi connectivity index (χ1) is 12.9. The highest BCUT2D eigenvalue weighted by molar-refractivity contribution is 5.93. The lowest BCUT2D eigenvalue weighted by Gasteiger charge is -2.26. The van der Waals surface area contributed by atoms with E-state index >= 15 is 0 Å². The second kappa shape index (κ2) is 8.00. The van der Waals surface area contributed by atoms with Gasteiger partial charge in [0.05, 0.1) is 23.6 Å². The summed E-state index contributed by atoms with van der Waals surface area (Å²) in [5.41, 5.74) is 3.71.